The number of carbonyl (C=O) groups is 2. The van der Waals surface area contributed by atoms with Crippen molar-refractivity contribution in [3.63, 3.8) is 0 Å². The highest BCUT2D eigenvalue weighted by Gasteiger charge is 2.61. The molecule has 7 rings (SSSR count). The first kappa shape index (κ1) is 48.6. The van der Waals surface area contributed by atoms with Gasteiger partial charge >= 0.3 is 5.97 Å². The molecule has 0 amide bonds. The van der Waals surface area contributed by atoms with Gasteiger partial charge in [0, 0.05) is 51.3 Å². The van der Waals surface area contributed by atoms with Gasteiger partial charge in [-0.1, -0.05) is 37.6 Å². The van der Waals surface area contributed by atoms with Crippen LogP contribution in [0.4, 0.5) is 0 Å². The number of hydrogen-bond acceptors (Lipinski definition) is 13. The third-order valence-electron chi connectivity index (χ3n) is 15.5. The highest BCUT2D eigenvalue weighted by Crippen LogP contribution is 2.57. The van der Waals surface area contributed by atoms with E-state index in [1.54, 1.807) is 37.8 Å². The summed E-state index contributed by atoms with van der Waals surface area (Å²) in [4.78, 5) is 31.6. The van der Waals surface area contributed by atoms with E-state index in [-0.39, 0.29) is 71.3 Å². The standard InChI is InChI=1S/C48H74N2O12S/c1-12-31-14-13-15-40(62-42-21-20-38(49(7)8)29(5)58-42)27(3)44(52)37-24-35-34-22-32(61-48-47(57-11)46(56-10)45(55-9)30(6)59-48)23-39(34)50(28(4)43(35)36(37)25-41(51)60-31)63(53,54)33-18-16-26(2)17-19-33/h16-19,24,27-32,34-36,38-40,42-43,45-48H,12-15,20-23,25H2,1-11H3/t27-,28+,29?,30?,31+,32+,34+,35+,36-,38+,39-,40+,42+,43-,45+,46?,47?,48+/m1/s1. The van der Waals surface area contributed by atoms with Gasteiger partial charge in [-0.15, -0.1) is 0 Å². The maximum Gasteiger partial charge on any atom is 0.306 e. The Kier molecular flexibility index (Phi) is 15.7. The lowest BCUT2D eigenvalue weighted by atomic mass is 9.69. The van der Waals surface area contributed by atoms with Crippen LogP contribution in [0.1, 0.15) is 98.0 Å². The number of carbonyl (C=O) groups excluding carboxylic acids is 2. The number of esters is 1. The molecule has 63 heavy (non-hydrogen) atoms. The minimum absolute atomic E-state index is 0.0227. The van der Waals surface area contributed by atoms with Crippen LogP contribution in [-0.4, -0.2) is 144 Å². The molecule has 18 atom stereocenters. The molecule has 4 unspecified atom stereocenters. The van der Waals surface area contributed by atoms with Crippen LogP contribution in [-0.2, 0) is 57.5 Å². The van der Waals surface area contributed by atoms with Crippen LogP contribution in [0.25, 0.3) is 0 Å². The van der Waals surface area contributed by atoms with E-state index in [4.69, 9.17) is 37.9 Å². The van der Waals surface area contributed by atoms with Crippen LogP contribution < -0.4 is 0 Å². The summed E-state index contributed by atoms with van der Waals surface area (Å²) in [6.07, 6.45) is 3.07. The van der Waals surface area contributed by atoms with E-state index in [9.17, 15) is 4.79 Å². The molecule has 4 heterocycles. The molecule has 354 valence electrons. The monoisotopic (exact) mass is 902 g/mol. The number of benzene rings is 1. The van der Waals surface area contributed by atoms with Gasteiger partial charge in [0.1, 0.15) is 24.4 Å². The number of likely N-dealkylation sites (N-methyl/N-ethyl adjacent to an activating group) is 1. The number of aryl methyl sites for hydroxylation is 1. The van der Waals surface area contributed by atoms with Crippen LogP contribution in [0.15, 0.2) is 40.8 Å². The summed E-state index contributed by atoms with van der Waals surface area (Å²) in [5.41, 5.74) is 1.52. The van der Waals surface area contributed by atoms with Crippen LogP contribution in [0.2, 0.25) is 0 Å². The predicted octanol–water partition coefficient (Wildman–Crippen LogP) is 6.07. The molecule has 1 aromatic carbocycles. The molecule has 5 fully saturated rings. The molecular formula is C48H74N2O12S. The Bertz CT molecular complexity index is 1880. The molecule has 1 saturated carbocycles. The fourth-order valence-electron chi connectivity index (χ4n) is 12.2. The summed E-state index contributed by atoms with van der Waals surface area (Å²) >= 11 is 0. The van der Waals surface area contributed by atoms with Gasteiger partial charge in [0.15, 0.2) is 18.4 Å². The SMILES string of the molecule is CC[C@H]1CCC[C@H](O[C@H]2CC[C@H](N(C)C)C(C)O2)[C@@H](C)C(=O)C2=C[C@H]3[C@@H]4C[C@H](O[C@@H]5OC(C)[C@H](OC)C(OC)C5OC)C[C@H]4N(S(=O)(=O)c4ccc(C)cc4)[C@@H](C)[C@H]3[C@@H]2CC(=O)O1. The summed E-state index contributed by atoms with van der Waals surface area (Å²) in [6.45, 7) is 11.8. The number of Topliss-reactive ketones (excluding diaryl/α,β-unsaturated/α-hetero) is 1. The second-order valence-corrected chi connectivity index (χ2v) is 21.2. The van der Waals surface area contributed by atoms with Crippen molar-refractivity contribution in [1.29, 1.82) is 0 Å². The number of ether oxygens (including phenoxy) is 8. The van der Waals surface area contributed by atoms with Crippen molar-refractivity contribution in [3.8, 4) is 0 Å². The Labute approximate surface area is 376 Å². The topological polar surface area (TPSA) is 149 Å². The van der Waals surface area contributed by atoms with Gasteiger partial charge in [0.25, 0.3) is 0 Å². The minimum Gasteiger partial charge on any atom is -0.462 e. The number of sulfonamides is 1. The zero-order chi connectivity index (χ0) is 45.5. The van der Waals surface area contributed by atoms with Crippen LogP contribution in [0.3, 0.4) is 0 Å². The van der Waals surface area contributed by atoms with Gasteiger partial charge in [0.2, 0.25) is 10.0 Å². The molecule has 0 N–H and O–H groups in total. The number of hydrogen-bond donors (Lipinski definition) is 0. The summed E-state index contributed by atoms with van der Waals surface area (Å²) in [5, 5.41) is 0. The van der Waals surface area contributed by atoms with Crippen molar-refractivity contribution < 1.29 is 55.9 Å². The van der Waals surface area contributed by atoms with Crippen molar-refractivity contribution in [2.45, 2.75) is 184 Å². The third kappa shape index (κ3) is 9.76. The molecule has 0 spiro atoms. The zero-order valence-electron chi connectivity index (χ0n) is 39.3. The lowest BCUT2D eigenvalue weighted by molar-refractivity contribution is -0.314. The molecule has 0 bridgehead atoms. The molecular weight excluding hydrogens is 829 g/mol. The van der Waals surface area contributed by atoms with Crippen molar-refractivity contribution in [1.82, 2.24) is 9.21 Å². The van der Waals surface area contributed by atoms with E-state index >= 15 is 13.2 Å². The van der Waals surface area contributed by atoms with Gasteiger partial charge in [-0.2, -0.15) is 4.31 Å². The maximum atomic E-state index is 15.2. The lowest BCUT2D eigenvalue weighted by Gasteiger charge is -2.49. The second kappa shape index (κ2) is 20.3. The molecule has 6 aliphatic rings. The van der Waals surface area contributed by atoms with Crippen molar-refractivity contribution in [3.05, 3.63) is 41.5 Å². The smallest absolute Gasteiger partial charge is 0.306 e. The van der Waals surface area contributed by atoms with Gasteiger partial charge in [-0.05, 0) is 129 Å². The lowest BCUT2D eigenvalue weighted by Crippen LogP contribution is -2.59. The van der Waals surface area contributed by atoms with E-state index in [1.165, 1.54) is 0 Å². The van der Waals surface area contributed by atoms with Crippen molar-refractivity contribution in [2.24, 2.45) is 29.6 Å². The number of cyclic esters (lactones) is 1. The number of fused-ring (bicyclic) bond motifs is 5. The molecule has 15 heteroatoms. The Morgan fingerprint density at radius 2 is 1.54 bits per heavy atom. The summed E-state index contributed by atoms with van der Waals surface area (Å²) in [5.74, 6) is -2.34. The summed E-state index contributed by atoms with van der Waals surface area (Å²) < 4.78 is 82.0. The minimum atomic E-state index is -4.07. The molecule has 2 aliphatic carbocycles. The largest absolute Gasteiger partial charge is 0.462 e. The van der Waals surface area contributed by atoms with E-state index in [1.807, 2.05) is 46.8 Å². The van der Waals surface area contributed by atoms with E-state index in [0.717, 1.165) is 24.8 Å². The second-order valence-electron chi connectivity index (χ2n) is 19.4. The fourth-order valence-corrected chi connectivity index (χ4v) is 14.1. The molecule has 0 radical (unpaired) electrons. The van der Waals surface area contributed by atoms with Crippen molar-refractivity contribution in [2.75, 3.05) is 35.4 Å². The number of piperidine rings is 1. The molecule has 4 saturated heterocycles. The first-order valence-electron chi connectivity index (χ1n) is 23.4. The highest BCUT2D eigenvalue weighted by molar-refractivity contribution is 7.89. The number of rotatable bonds is 11. The van der Waals surface area contributed by atoms with Gasteiger partial charge in [0.05, 0.1) is 35.7 Å². The summed E-state index contributed by atoms with van der Waals surface area (Å²) in [7, 11) is 4.88. The van der Waals surface area contributed by atoms with Gasteiger partial charge < -0.3 is 42.8 Å². The number of nitrogens with zero attached hydrogens (tertiary/aromatic N) is 2. The van der Waals surface area contributed by atoms with Gasteiger partial charge in [-0.25, -0.2) is 8.42 Å². The Balaban J connectivity index is 1.24. The fraction of sp³-hybridized carbons (Fsp3) is 0.792. The van der Waals surface area contributed by atoms with E-state index in [2.05, 4.69) is 32.0 Å². The number of ketones is 1. The van der Waals surface area contributed by atoms with E-state index in [0.29, 0.717) is 37.7 Å². The maximum absolute atomic E-state index is 15.2. The molecule has 14 nitrogen and oxygen atoms in total. The first-order chi connectivity index (χ1) is 30.0. The van der Waals surface area contributed by atoms with Crippen LogP contribution >= 0.6 is 0 Å². The average Bonchev–Trinajstić information content (AvgIpc) is 3.83. The third-order valence-corrected chi connectivity index (χ3v) is 17.5. The van der Waals surface area contributed by atoms with Crippen LogP contribution in [0.5, 0.6) is 0 Å². The quantitative estimate of drug-likeness (QED) is 0.237. The van der Waals surface area contributed by atoms with Gasteiger partial charge in [-0.3, -0.25) is 9.59 Å². The Hall–Kier alpha value is -2.31. The molecule has 0 aromatic heterocycles. The Morgan fingerprint density at radius 1 is 0.841 bits per heavy atom. The Morgan fingerprint density at radius 3 is 2.17 bits per heavy atom. The van der Waals surface area contributed by atoms with Crippen LogP contribution in [0, 0.1) is 36.5 Å². The number of allylic oxidation sites excluding steroid dienone is 2. The van der Waals surface area contributed by atoms with Crippen molar-refractivity contribution >= 4 is 21.8 Å². The first-order valence-corrected chi connectivity index (χ1v) is 24.9. The number of methoxy groups -OCH3 is 3. The highest BCUT2D eigenvalue weighted by atomic mass is 32.2. The predicted molar refractivity (Wildman–Crippen MR) is 235 cm³/mol. The zero-order valence-corrected chi connectivity index (χ0v) is 40.2. The molecule has 1 aromatic rings. The average molecular weight is 903 g/mol. The van der Waals surface area contributed by atoms with E-state index < -0.39 is 70.9 Å². The normalized spacial score (nSPS) is 41.8. The molecule has 4 aliphatic heterocycles. The summed E-state index contributed by atoms with van der Waals surface area (Å²) in [6, 6.07) is 6.20.